The number of benzene rings is 2. The third-order valence-corrected chi connectivity index (χ3v) is 3.77. The summed E-state index contributed by atoms with van der Waals surface area (Å²) in [5.74, 6) is -0.159. The Morgan fingerprint density at radius 2 is 1.95 bits per heavy atom. The molecule has 0 spiro atoms. The number of hydrogen-bond donors (Lipinski definition) is 1. The number of nitrogens with one attached hydrogen (secondary N) is 1. The molecule has 0 bridgehead atoms. The maximum Gasteiger partial charge on any atom is 0.130 e. The number of hydrogen-bond acceptors (Lipinski definition) is 2. The quantitative estimate of drug-likeness (QED) is 0.917. The molecule has 2 nitrogen and oxygen atoms in total. The van der Waals surface area contributed by atoms with E-state index in [4.69, 9.17) is 4.74 Å². The molecule has 0 radical (unpaired) electrons. The molecule has 2 aromatic rings. The first kappa shape index (κ1) is 14.0. The molecule has 0 fully saturated rings. The number of ether oxygens (including phenoxy) is 1. The SMILES string of the molecule is CCNC1CC(c2cc(F)ccc2F)Oc2ccccc21. The third kappa shape index (κ3) is 2.76. The van der Waals surface area contributed by atoms with Crippen LogP contribution in [0.15, 0.2) is 42.5 Å². The molecule has 3 rings (SSSR count). The topological polar surface area (TPSA) is 21.3 Å². The molecule has 110 valence electrons. The van der Waals surface area contributed by atoms with Crippen LogP contribution in [-0.4, -0.2) is 6.54 Å². The van der Waals surface area contributed by atoms with Gasteiger partial charge < -0.3 is 10.1 Å². The number of fused-ring (bicyclic) bond motifs is 1. The van der Waals surface area contributed by atoms with Crippen LogP contribution in [0.4, 0.5) is 8.78 Å². The van der Waals surface area contributed by atoms with Crippen LogP contribution in [-0.2, 0) is 0 Å². The minimum atomic E-state index is -0.486. The molecule has 0 amide bonds. The molecule has 0 saturated heterocycles. The van der Waals surface area contributed by atoms with Crippen LogP contribution in [0.5, 0.6) is 5.75 Å². The molecule has 4 heteroatoms. The van der Waals surface area contributed by atoms with Gasteiger partial charge in [-0.3, -0.25) is 0 Å². The second-order valence-corrected chi connectivity index (χ2v) is 5.16. The molecule has 1 aliphatic heterocycles. The average molecular weight is 289 g/mol. The van der Waals surface area contributed by atoms with Crippen molar-refractivity contribution in [3.63, 3.8) is 0 Å². The summed E-state index contributed by atoms with van der Waals surface area (Å²) in [6.45, 7) is 2.83. The van der Waals surface area contributed by atoms with Crippen LogP contribution >= 0.6 is 0 Å². The fourth-order valence-corrected chi connectivity index (χ4v) is 2.81. The Morgan fingerprint density at radius 3 is 2.76 bits per heavy atom. The lowest BCUT2D eigenvalue weighted by molar-refractivity contribution is 0.148. The molecular formula is C17H17F2NO. The van der Waals surface area contributed by atoms with Gasteiger partial charge in [-0.05, 0) is 30.8 Å². The van der Waals surface area contributed by atoms with Crippen LogP contribution in [0.1, 0.15) is 36.6 Å². The van der Waals surface area contributed by atoms with Gasteiger partial charge in [-0.15, -0.1) is 0 Å². The molecule has 2 unspecified atom stereocenters. The Kier molecular flexibility index (Phi) is 3.88. The Hall–Kier alpha value is -1.94. The first-order valence-corrected chi connectivity index (χ1v) is 7.13. The van der Waals surface area contributed by atoms with Gasteiger partial charge in [0.1, 0.15) is 23.5 Å². The minimum Gasteiger partial charge on any atom is -0.485 e. The van der Waals surface area contributed by atoms with E-state index in [-0.39, 0.29) is 11.6 Å². The van der Waals surface area contributed by atoms with E-state index in [0.717, 1.165) is 30.0 Å². The summed E-state index contributed by atoms with van der Waals surface area (Å²) in [5.41, 5.74) is 1.33. The Morgan fingerprint density at radius 1 is 1.14 bits per heavy atom. The summed E-state index contributed by atoms with van der Waals surface area (Å²) in [5, 5.41) is 3.38. The van der Waals surface area contributed by atoms with E-state index >= 15 is 0 Å². The zero-order chi connectivity index (χ0) is 14.8. The van der Waals surface area contributed by atoms with Crippen molar-refractivity contribution in [1.29, 1.82) is 0 Å². The molecular weight excluding hydrogens is 272 g/mol. The van der Waals surface area contributed by atoms with Gasteiger partial charge in [0.15, 0.2) is 0 Å². The fourth-order valence-electron chi connectivity index (χ4n) is 2.81. The largest absolute Gasteiger partial charge is 0.485 e. The zero-order valence-electron chi connectivity index (χ0n) is 11.8. The predicted octanol–water partition coefficient (Wildman–Crippen LogP) is 4.14. The molecule has 2 atom stereocenters. The summed E-state index contributed by atoms with van der Waals surface area (Å²) in [6.07, 6.45) is 0.0882. The Balaban J connectivity index is 1.97. The van der Waals surface area contributed by atoms with Crippen molar-refractivity contribution in [2.75, 3.05) is 6.54 Å². The third-order valence-electron chi connectivity index (χ3n) is 3.77. The zero-order valence-corrected chi connectivity index (χ0v) is 11.8. The Labute approximate surface area is 122 Å². The molecule has 2 aromatic carbocycles. The standard InChI is InChI=1S/C17H17F2NO/c1-2-20-15-10-17(13-9-11(18)7-8-14(13)19)21-16-6-4-3-5-12(15)16/h3-9,15,17,20H,2,10H2,1H3. The lowest BCUT2D eigenvalue weighted by Crippen LogP contribution is -2.29. The van der Waals surface area contributed by atoms with E-state index in [9.17, 15) is 8.78 Å². The van der Waals surface area contributed by atoms with Gasteiger partial charge in [-0.25, -0.2) is 8.78 Å². The monoisotopic (exact) mass is 289 g/mol. The van der Waals surface area contributed by atoms with E-state index < -0.39 is 17.7 Å². The van der Waals surface area contributed by atoms with Gasteiger partial charge in [0.05, 0.1) is 0 Å². The van der Waals surface area contributed by atoms with Crippen molar-refractivity contribution >= 4 is 0 Å². The van der Waals surface area contributed by atoms with Gasteiger partial charge in [0.2, 0.25) is 0 Å². The molecule has 0 aromatic heterocycles. The average Bonchev–Trinajstić information content (AvgIpc) is 2.50. The first-order valence-electron chi connectivity index (χ1n) is 7.13. The van der Waals surface area contributed by atoms with Crippen LogP contribution in [0.3, 0.4) is 0 Å². The summed E-state index contributed by atoms with van der Waals surface area (Å²) < 4.78 is 33.3. The molecule has 1 heterocycles. The van der Waals surface area contributed by atoms with Gasteiger partial charge in [-0.1, -0.05) is 25.1 Å². The van der Waals surface area contributed by atoms with E-state index in [1.807, 2.05) is 31.2 Å². The van der Waals surface area contributed by atoms with Gasteiger partial charge in [0, 0.05) is 23.6 Å². The normalized spacial score (nSPS) is 20.7. The maximum atomic E-state index is 14.0. The molecule has 0 saturated carbocycles. The molecule has 1 aliphatic rings. The number of para-hydroxylation sites is 1. The number of rotatable bonds is 3. The van der Waals surface area contributed by atoms with Crippen molar-refractivity contribution in [1.82, 2.24) is 5.32 Å². The highest BCUT2D eigenvalue weighted by atomic mass is 19.1. The van der Waals surface area contributed by atoms with Crippen molar-refractivity contribution in [2.45, 2.75) is 25.5 Å². The minimum absolute atomic E-state index is 0.0765. The smallest absolute Gasteiger partial charge is 0.130 e. The summed E-state index contributed by atoms with van der Waals surface area (Å²) in [6, 6.07) is 11.3. The van der Waals surface area contributed by atoms with Crippen molar-refractivity contribution in [2.24, 2.45) is 0 Å². The second kappa shape index (κ2) is 5.82. The fraction of sp³-hybridized carbons (Fsp3) is 0.294. The van der Waals surface area contributed by atoms with Crippen LogP contribution in [0.2, 0.25) is 0 Å². The van der Waals surface area contributed by atoms with Crippen molar-refractivity contribution in [3.05, 3.63) is 65.2 Å². The predicted molar refractivity (Wildman–Crippen MR) is 77.2 cm³/mol. The van der Waals surface area contributed by atoms with Crippen molar-refractivity contribution < 1.29 is 13.5 Å². The first-order chi connectivity index (χ1) is 10.2. The summed E-state index contributed by atoms with van der Waals surface area (Å²) in [7, 11) is 0. The van der Waals surface area contributed by atoms with E-state index in [2.05, 4.69) is 5.32 Å². The summed E-state index contributed by atoms with van der Waals surface area (Å²) in [4.78, 5) is 0. The Bertz CT molecular complexity index is 644. The van der Waals surface area contributed by atoms with E-state index in [1.54, 1.807) is 0 Å². The van der Waals surface area contributed by atoms with Crippen LogP contribution in [0.25, 0.3) is 0 Å². The lowest BCUT2D eigenvalue weighted by Gasteiger charge is -2.33. The number of halogens is 2. The highest BCUT2D eigenvalue weighted by molar-refractivity contribution is 5.39. The highest BCUT2D eigenvalue weighted by Crippen LogP contribution is 2.41. The molecule has 0 aliphatic carbocycles. The highest BCUT2D eigenvalue weighted by Gasteiger charge is 2.30. The molecule has 1 N–H and O–H groups in total. The van der Waals surface area contributed by atoms with Gasteiger partial charge >= 0.3 is 0 Å². The van der Waals surface area contributed by atoms with Crippen LogP contribution < -0.4 is 10.1 Å². The maximum absolute atomic E-state index is 14.0. The molecule has 21 heavy (non-hydrogen) atoms. The van der Waals surface area contributed by atoms with E-state index in [0.29, 0.717) is 6.42 Å². The van der Waals surface area contributed by atoms with E-state index in [1.165, 1.54) is 6.07 Å². The van der Waals surface area contributed by atoms with Crippen LogP contribution in [0, 0.1) is 11.6 Å². The van der Waals surface area contributed by atoms with Crippen molar-refractivity contribution in [3.8, 4) is 5.75 Å². The lowest BCUT2D eigenvalue weighted by atomic mass is 9.92. The van der Waals surface area contributed by atoms with Gasteiger partial charge in [-0.2, -0.15) is 0 Å². The summed E-state index contributed by atoms with van der Waals surface area (Å²) >= 11 is 0. The van der Waals surface area contributed by atoms with Gasteiger partial charge in [0.25, 0.3) is 0 Å². The second-order valence-electron chi connectivity index (χ2n) is 5.16.